The van der Waals surface area contributed by atoms with Gasteiger partial charge in [-0.25, -0.2) is 4.39 Å². The van der Waals surface area contributed by atoms with Crippen LogP contribution in [0.3, 0.4) is 0 Å². The standard InChI is InChI=1S/C15H22FNO2/c1-11(17-10-12-5-7-19-8-6-12)13-3-4-14(16)15(9-13)18-2/h3-4,9,11-12,17H,5-8,10H2,1-2H3. The molecule has 3 nitrogen and oxygen atoms in total. The summed E-state index contributed by atoms with van der Waals surface area (Å²) in [5, 5.41) is 3.51. The van der Waals surface area contributed by atoms with E-state index in [9.17, 15) is 4.39 Å². The van der Waals surface area contributed by atoms with Gasteiger partial charge in [-0.15, -0.1) is 0 Å². The van der Waals surface area contributed by atoms with Crippen LogP contribution in [0.5, 0.6) is 5.75 Å². The minimum atomic E-state index is -0.317. The van der Waals surface area contributed by atoms with E-state index in [1.54, 1.807) is 12.1 Å². The van der Waals surface area contributed by atoms with Crippen LogP contribution in [-0.2, 0) is 4.74 Å². The number of nitrogens with one attached hydrogen (secondary N) is 1. The van der Waals surface area contributed by atoms with Crippen molar-refractivity contribution in [3.8, 4) is 5.75 Å². The van der Waals surface area contributed by atoms with Crippen molar-refractivity contribution in [2.75, 3.05) is 26.9 Å². The normalized spacial score (nSPS) is 18.3. The molecule has 1 saturated heterocycles. The third-order valence-corrected chi connectivity index (χ3v) is 3.73. The molecular formula is C15H22FNO2. The van der Waals surface area contributed by atoms with Gasteiger partial charge in [-0.3, -0.25) is 0 Å². The van der Waals surface area contributed by atoms with Gasteiger partial charge in [-0.1, -0.05) is 6.07 Å². The van der Waals surface area contributed by atoms with E-state index in [2.05, 4.69) is 12.2 Å². The van der Waals surface area contributed by atoms with E-state index in [0.29, 0.717) is 11.7 Å². The van der Waals surface area contributed by atoms with E-state index in [1.165, 1.54) is 13.2 Å². The first-order chi connectivity index (χ1) is 9.20. The molecule has 1 atom stereocenters. The van der Waals surface area contributed by atoms with Crippen LogP contribution in [0.1, 0.15) is 31.4 Å². The van der Waals surface area contributed by atoms with Crippen molar-refractivity contribution in [3.63, 3.8) is 0 Å². The fourth-order valence-corrected chi connectivity index (χ4v) is 2.36. The van der Waals surface area contributed by atoms with Crippen LogP contribution < -0.4 is 10.1 Å². The molecule has 1 aliphatic heterocycles. The number of ether oxygens (including phenoxy) is 2. The third-order valence-electron chi connectivity index (χ3n) is 3.73. The van der Waals surface area contributed by atoms with Crippen molar-refractivity contribution in [2.24, 2.45) is 5.92 Å². The lowest BCUT2D eigenvalue weighted by atomic mass is 9.99. The minimum Gasteiger partial charge on any atom is -0.494 e. The summed E-state index contributed by atoms with van der Waals surface area (Å²) in [6.07, 6.45) is 2.24. The maximum atomic E-state index is 13.4. The summed E-state index contributed by atoms with van der Waals surface area (Å²) < 4.78 is 23.7. The largest absolute Gasteiger partial charge is 0.494 e. The van der Waals surface area contributed by atoms with E-state index >= 15 is 0 Å². The predicted octanol–water partition coefficient (Wildman–Crippen LogP) is 2.91. The van der Waals surface area contributed by atoms with E-state index in [1.807, 2.05) is 0 Å². The molecule has 0 radical (unpaired) electrons. The summed E-state index contributed by atoms with van der Waals surface area (Å²) >= 11 is 0. The number of halogens is 1. The SMILES string of the molecule is COc1cc(C(C)NCC2CCOCC2)ccc1F. The molecule has 4 heteroatoms. The van der Waals surface area contributed by atoms with Gasteiger partial charge in [-0.2, -0.15) is 0 Å². The number of benzene rings is 1. The third kappa shape index (κ3) is 3.91. The van der Waals surface area contributed by atoms with Crippen LogP contribution in [-0.4, -0.2) is 26.9 Å². The molecule has 0 bridgehead atoms. The van der Waals surface area contributed by atoms with Crippen LogP contribution >= 0.6 is 0 Å². The lowest BCUT2D eigenvalue weighted by molar-refractivity contribution is 0.0656. The van der Waals surface area contributed by atoms with Gasteiger partial charge >= 0.3 is 0 Å². The first kappa shape index (κ1) is 14.3. The van der Waals surface area contributed by atoms with E-state index in [0.717, 1.165) is 38.2 Å². The highest BCUT2D eigenvalue weighted by atomic mass is 19.1. The zero-order valence-electron chi connectivity index (χ0n) is 11.6. The van der Waals surface area contributed by atoms with Gasteiger partial charge in [0.1, 0.15) is 0 Å². The average molecular weight is 267 g/mol. The number of methoxy groups -OCH3 is 1. The highest BCUT2D eigenvalue weighted by molar-refractivity contribution is 5.31. The van der Waals surface area contributed by atoms with E-state index < -0.39 is 0 Å². The van der Waals surface area contributed by atoms with Crippen LogP contribution in [0.15, 0.2) is 18.2 Å². The Morgan fingerprint density at radius 3 is 2.84 bits per heavy atom. The van der Waals surface area contributed by atoms with Crippen molar-refractivity contribution in [1.29, 1.82) is 0 Å². The molecule has 1 aromatic carbocycles. The summed E-state index contributed by atoms with van der Waals surface area (Å²) in [5.74, 6) is 0.665. The molecule has 106 valence electrons. The van der Waals surface area contributed by atoms with Crippen molar-refractivity contribution in [2.45, 2.75) is 25.8 Å². The topological polar surface area (TPSA) is 30.5 Å². The summed E-state index contributed by atoms with van der Waals surface area (Å²) in [5.41, 5.74) is 1.05. The van der Waals surface area contributed by atoms with E-state index in [4.69, 9.17) is 9.47 Å². The Hall–Kier alpha value is -1.13. The second-order valence-electron chi connectivity index (χ2n) is 5.08. The maximum absolute atomic E-state index is 13.4. The fourth-order valence-electron chi connectivity index (χ4n) is 2.36. The summed E-state index contributed by atoms with van der Waals surface area (Å²) in [6.45, 7) is 4.80. The summed E-state index contributed by atoms with van der Waals surface area (Å²) in [4.78, 5) is 0. The zero-order valence-corrected chi connectivity index (χ0v) is 11.6. The first-order valence-corrected chi connectivity index (χ1v) is 6.85. The Labute approximate surface area is 114 Å². The van der Waals surface area contributed by atoms with Gasteiger partial charge in [0.15, 0.2) is 11.6 Å². The van der Waals surface area contributed by atoms with Gasteiger partial charge in [0.05, 0.1) is 7.11 Å². The molecule has 1 N–H and O–H groups in total. The molecule has 1 aromatic rings. The maximum Gasteiger partial charge on any atom is 0.165 e. The molecule has 0 aliphatic carbocycles. The average Bonchev–Trinajstić information content (AvgIpc) is 2.46. The van der Waals surface area contributed by atoms with Crippen LogP contribution in [0, 0.1) is 11.7 Å². The zero-order chi connectivity index (χ0) is 13.7. The Kier molecular flexibility index (Phi) is 5.16. The molecule has 0 saturated carbocycles. The summed E-state index contributed by atoms with van der Waals surface area (Å²) in [6, 6.07) is 5.22. The molecule has 0 aromatic heterocycles. The lowest BCUT2D eigenvalue weighted by Gasteiger charge is -2.24. The smallest absolute Gasteiger partial charge is 0.165 e. The van der Waals surface area contributed by atoms with E-state index in [-0.39, 0.29) is 11.9 Å². The van der Waals surface area contributed by atoms with Crippen molar-refractivity contribution < 1.29 is 13.9 Å². The Bertz CT molecular complexity index is 405. The number of hydrogen-bond acceptors (Lipinski definition) is 3. The number of hydrogen-bond donors (Lipinski definition) is 1. The van der Waals surface area contributed by atoms with Crippen molar-refractivity contribution >= 4 is 0 Å². The highest BCUT2D eigenvalue weighted by Crippen LogP contribution is 2.23. The molecule has 0 amide bonds. The fraction of sp³-hybridized carbons (Fsp3) is 0.600. The predicted molar refractivity (Wildman–Crippen MR) is 72.9 cm³/mol. The minimum absolute atomic E-state index is 0.192. The van der Waals surface area contributed by atoms with Crippen LogP contribution in [0.4, 0.5) is 4.39 Å². The molecule has 1 heterocycles. The molecule has 1 unspecified atom stereocenters. The second-order valence-corrected chi connectivity index (χ2v) is 5.08. The first-order valence-electron chi connectivity index (χ1n) is 6.85. The molecule has 1 aliphatic rings. The summed E-state index contributed by atoms with van der Waals surface area (Å²) in [7, 11) is 1.49. The van der Waals surface area contributed by atoms with Gasteiger partial charge in [0, 0.05) is 19.3 Å². The number of rotatable bonds is 5. The van der Waals surface area contributed by atoms with Crippen molar-refractivity contribution in [3.05, 3.63) is 29.6 Å². The van der Waals surface area contributed by atoms with Gasteiger partial charge in [0.25, 0.3) is 0 Å². The molecule has 19 heavy (non-hydrogen) atoms. The van der Waals surface area contributed by atoms with Gasteiger partial charge < -0.3 is 14.8 Å². The lowest BCUT2D eigenvalue weighted by Crippen LogP contribution is -2.29. The Morgan fingerprint density at radius 1 is 1.42 bits per heavy atom. The quantitative estimate of drug-likeness (QED) is 0.889. The van der Waals surface area contributed by atoms with Crippen LogP contribution in [0.25, 0.3) is 0 Å². The van der Waals surface area contributed by atoms with Crippen LogP contribution in [0.2, 0.25) is 0 Å². The Balaban J connectivity index is 1.89. The molecule has 1 fully saturated rings. The molecular weight excluding hydrogens is 245 g/mol. The Morgan fingerprint density at radius 2 is 2.16 bits per heavy atom. The second kappa shape index (κ2) is 6.87. The monoisotopic (exact) mass is 267 g/mol. The molecule has 0 spiro atoms. The molecule has 2 rings (SSSR count). The van der Waals surface area contributed by atoms with Gasteiger partial charge in [0.2, 0.25) is 0 Å². The highest BCUT2D eigenvalue weighted by Gasteiger charge is 2.15. The van der Waals surface area contributed by atoms with Gasteiger partial charge in [-0.05, 0) is 49.9 Å². The van der Waals surface area contributed by atoms with Crippen molar-refractivity contribution in [1.82, 2.24) is 5.32 Å².